The van der Waals surface area contributed by atoms with Crippen molar-refractivity contribution < 1.29 is 19.1 Å². The van der Waals surface area contributed by atoms with Gasteiger partial charge in [-0.2, -0.15) is 0 Å². The van der Waals surface area contributed by atoms with Crippen molar-refractivity contribution in [1.82, 2.24) is 9.80 Å². The van der Waals surface area contributed by atoms with Crippen molar-refractivity contribution >= 4 is 11.9 Å². The fraction of sp³-hybridized carbons (Fsp3) is 0.556. The van der Waals surface area contributed by atoms with Crippen molar-refractivity contribution in [3.05, 3.63) is 35.6 Å². The first kappa shape index (κ1) is 16.9. The normalized spacial score (nSPS) is 25.0. The molecule has 130 valence electrons. The van der Waals surface area contributed by atoms with Crippen LogP contribution < -0.4 is 0 Å². The smallest absolute Gasteiger partial charge is 0.308 e. The van der Waals surface area contributed by atoms with E-state index in [1.54, 1.807) is 17.0 Å². The zero-order chi connectivity index (χ0) is 17.1. The van der Waals surface area contributed by atoms with Gasteiger partial charge >= 0.3 is 5.97 Å². The van der Waals surface area contributed by atoms with E-state index in [9.17, 15) is 14.0 Å². The van der Waals surface area contributed by atoms with Crippen LogP contribution in [0.1, 0.15) is 31.2 Å². The van der Waals surface area contributed by atoms with Crippen molar-refractivity contribution in [3.8, 4) is 0 Å². The Balaban J connectivity index is 1.66. The molecule has 2 saturated heterocycles. The highest BCUT2D eigenvalue weighted by Crippen LogP contribution is 2.24. The molecular weight excluding hydrogens is 311 g/mol. The van der Waals surface area contributed by atoms with E-state index in [4.69, 9.17) is 5.11 Å². The summed E-state index contributed by atoms with van der Waals surface area (Å²) in [6.07, 6.45) is 3.38. The molecule has 1 aromatic carbocycles. The molecule has 24 heavy (non-hydrogen) atoms. The van der Waals surface area contributed by atoms with Gasteiger partial charge in [0.15, 0.2) is 0 Å². The maximum Gasteiger partial charge on any atom is 0.308 e. The molecule has 5 nitrogen and oxygen atoms in total. The van der Waals surface area contributed by atoms with E-state index in [2.05, 4.69) is 4.90 Å². The van der Waals surface area contributed by atoms with Crippen LogP contribution in [0.2, 0.25) is 0 Å². The minimum absolute atomic E-state index is 0.0422. The minimum Gasteiger partial charge on any atom is -0.481 e. The van der Waals surface area contributed by atoms with Crippen molar-refractivity contribution in [2.75, 3.05) is 19.6 Å². The molecule has 0 spiro atoms. The van der Waals surface area contributed by atoms with Crippen LogP contribution in [-0.4, -0.2) is 52.5 Å². The number of carboxylic acid groups (broad SMARTS) is 1. The Hall–Kier alpha value is -1.95. The number of aliphatic carboxylic acids is 1. The molecule has 0 saturated carbocycles. The highest BCUT2D eigenvalue weighted by atomic mass is 19.1. The standard InChI is InChI=1S/C18H23FN2O3/c19-15-6-4-13(5-7-15)11-20-9-2-1-3-16(20)17(22)21-10-8-14(12-21)18(23)24/h4-7,14,16H,1-3,8-12H2,(H,23,24). The number of rotatable bonds is 4. The van der Waals surface area contributed by atoms with Gasteiger partial charge in [-0.05, 0) is 43.5 Å². The molecule has 3 rings (SSSR count). The van der Waals surface area contributed by atoms with Gasteiger partial charge in [0.25, 0.3) is 0 Å². The van der Waals surface area contributed by atoms with Gasteiger partial charge in [0.2, 0.25) is 5.91 Å². The summed E-state index contributed by atoms with van der Waals surface area (Å²) in [4.78, 5) is 27.8. The number of halogens is 1. The molecule has 2 aliphatic heterocycles. The van der Waals surface area contributed by atoms with E-state index in [-0.39, 0.29) is 17.8 Å². The second-order valence-corrected chi connectivity index (χ2v) is 6.72. The average molecular weight is 334 g/mol. The lowest BCUT2D eigenvalue weighted by Crippen LogP contribution is -2.50. The van der Waals surface area contributed by atoms with Gasteiger partial charge in [-0.15, -0.1) is 0 Å². The molecule has 2 aliphatic rings. The van der Waals surface area contributed by atoms with Crippen molar-refractivity contribution in [2.24, 2.45) is 5.92 Å². The monoisotopic (exact) mass is 334 g/mol. The highest BCUT2D eigenvalue weighted by Gasteiger charge is 2.37. The van der Waals surface area contributed by atoms with Gasteiger partial charge in [0.05, 0.1) is 12.0 Å². The van der Waals surface area contributed by atoms with Crippen molar-refractivity contribution in [3.63, 3.8) is 0 Å². The first-order valence-electron chi connectivity index (χ1n) is 8.54. The van der Waals surface area contributed by atoms with E-state index in [0.29, 0.717) is 26.1 Å². The maximum absolute atomic E-state index is 13.1. The molecule has 1 N–H and O–H groups in total. The summed E-state index contributed by atoms with van der Waals surface area (Å²) in [5, 5.41) is 9.11. The van der Waals surface area contributed by atoms with Gasteiger partial charge in [0.1, 0.15) is 5.82 Å². The van der Waals surface area contributed by atoms with E-state index in [1.807, 2.05) is 0 Å². The molecule has 2 atom stereocenters. The van der Waals surface area contributed by atoms with E-state index >= 15 is 0 Å². The van der Waals surface area contributed by atoms with Crippen LogP contribution in [0.25, 0.3) is 0 Å². The molecule has 0 radical (unpaired) electrons. The third-order valence-corrected chi connectivity index (χ3v) is 5.05. The summed E-state index contributed by atoms with van der Waals surface area (Å²) >= 11 is 0. The van der Waals surface area contributed by atoms with Crippen molar-refractivity contribution in [2.45, 2.75) is 38.3 Å². The number of carboxylic acids is 1. The van der Waals surface area contributed by atoms with Gasteiger partial charge < -0.3 is 10.0 Å². The third-order valence-electron chi connectivity index (χ3n) is 5.05. The fourth-order valence-corrected chi connectivity index (χ4v) is 3.66. The fourth-order valence-electron chi connectivity index (χ4n) is 3.66. The molecule has 2 fully saturated rings. The number of hydrogen-bond donors (Lipinski definition) is 1. The number of carbonyl (C=O) groups is 2. The van der Waals surface area contributed by atoms with Crippen LogP contribution in [0.15, 0.2) is 24.3 Å². The Labute approximate surface area is 141 Å². The van der Waals surface area contributed by atoms with Crippen LogP contribution in [0.4, 0.5) is 4.39 Å². The Bertz CT molecular complexity index is 605. The SMILES string of the molecule is O=C(O)C1CCN(C(=O)C2CCCCN2Cc2ccc(F)cc2)C1. The number of amides is 1. The molecule has 0 aromatic heterocycles. The Kier molecular flexibility index (Phi) is 5.14. The summed E-state index contributed by atoms with van der Waals surface area (Å²) < 4.78 is 13.1. The predicted molar refractivity (Wildman–Crippen MR) is 86.8 cm³/mol. The lowest BCUT2D eigenvalue weighted by atomic mass is 10.00. The maximum atomic E-state index is 13.1. The lowest BCUT2D eigenvalue weighted by molar-refractivity contribution is -0.142. The summed E-state index contributed by atoms with van der Waals surface area (Å²) in [6, 6.07) is 6.18. The number of benzene rings is 1. The second-order valence-electron chi connectivity index (χ2n) is 6.72. The molecular formula is C18H23FN2O3. The largest absolute Gasteiger partial charge is 0.481 e. The van der Waals surface area contributed by atoms with E-state index in [1.165, 1.54) is 12.1 Å². The summed E-state index contributed by atoms with van der Waals surface area (Å²) in [5.74, 6) is -1.48. The number of likely N-dealkylation sites (tertiary alicyclic amines) is 2. The van der Waals surface area contributed by atoms with E-state index in [0.717, 1.165) is 31.4 Å². The quantitative estimate of drug-likeness (QED) is 0.916. The number of hydrogen-bond acceptors (Lipinski definition) is 3. The first-order chi connectivity index (χ1) is 11.5. The van der Waals surface area contributed by atoms with Crippen molar-refractivity contribution in [1.29, 1.82) is 0 Å². The average Bonchev–Trinajstić information content (AvgIpc) is 3.07. The van der Waals surface area contributed by atoms with Crippen LogP contribution in [0.3, 0.4) is 0 Å². The highest BCUT2D eigenvalue weighted by molar-refractivity contribution is 5.83. The zero-order valence-corrected chi connectivity index (χ0v) is 13.7. The third kappa shape index (κ3) is 3.75. The summed E-state index contributed by atoms with van der Waals surface area (Å²) in [5.41, 5.74) is 0.987. The van der Waals surface area contributed by atoms with Gasteiger partial charge in [-0.25, -0.2) is 4.39 Å². The molecule has 6 heteroatoms. The lowest BCUT2D eigenvalue weighted by Gasteiger charge is -2.36. The molecule has 0 aliphatic carbocycles. The van der Waals surface area contributed by atoms with Gasteiger partial charge in [-0.3, -0.25) is 14.5 Å². The van der Waals surface area contributed by atoms with Crippen LogP contribution in [0, 0.1) is 11.7 Å². The molecule has 0 bridgehead atoms. The minimum atomic E-state index is -0.822. The molecule has 1 amide bonds. The topological polar surface area (TPSA) is 60.9 Å². The predicted octanol–water partition coefficient (Wildman–Crippen LogP) is 2.11. The second kappa shape index (κ2) is 7.30. The zero-order valence-electron chi connectivity index (χ0n) is 13.7. The van der Waals surface area contributed by atoms with Crippen LogP contribution in [-0.2, 0) is 16.1 Å². The van der Waals surface area contributed by atoms with Gasteiger partial charge in [-0.1, -0.05) is 18.6 Å². The van der Waals surface area contributed by atoms with Crippen LogP contribution in [0.5, 0.6) is 0 Å². The van der Waals surface area contributed by atoms with E-state index < -0.39 is 11.9 Å². The number of carbonyl (C=O) groups excluding carboxylic acids is 1. The summed E-state index contributed by atoms with van der Waals surface area (Å²) in [6.45, 7) is 2.29. The first-order valence-corrected chi connectivity index (χ1v) is 8.54. The number of nitrogens with zero attached hydrogens (tertiary/aromatic N) is 2. The Morgan fingerprint density at radius 1 is 1.12 bits per heavy atom. The Morgan fingerprint density at radius 3 is 2.54 bits per heavy atom. The molecule has 1 aromatic rings. The molecule has 2 unspecified atom stereocenters. The number of piperidine rings is 1. The molecule has 2 heterocycles. The summed E-state index contributed by atoms with van der Waals surface area (Å²) in [7, 11) is 0. The Morgan fingerprint density at radius 2 is 1.88 bits per heavy atom. The van der Waals surface area contributed by atoms with Crippen LogP contribution >= 0.6 is 0 Å². The van der Waals surface area contributed by atoms with Gasteiger partial charge in [0, 0.05) is 19.6 Å².